The van der Waals surface area contributed by atoms with Crippen LogP contribution in [-0.4, -0.2) is 30.1 Å². The molecular formula is C15H12N6S. The van der Waals surface area contributed by atoms with E-state index in [1.54, 1.807) is 6.20 Å². The number of aromatic nitrogens is 6. The Morgan fingerprint density at radius 2 is 1.91 bits per heavy atom. The maximum Gasteiger partial charge on any atom is 0.209 e. The molecule has 0 unspecified atom stereocenters. The number of pyridine rings is 1. The SMILES string of the molecule is c1ccc(-c2nc(SCc3nc4ncccc4[nH]3)n[nH]2)cc1. The molecule has 0 spiro atoms. The normalized spacial score (nSPS) is 11.1. The highest BCUT2D eigenvalue weighted by Gasteiger charge is 2.08. The van der Waals surface area contributed by atoms with Gasteiger partial charge in [-0.05, 0) is 12.1 Å². The molecule has 0 saturated carbocycles. The Morgan fingerprint density at radius 3 is 2.77 bits per heavy atom. The van der Waals surface area contributed by atoms with Crippen molar-refractivity contribution >= 4 is 22.9 Å². The standard InChI is InChI=1S/C15H12N6S/c1-2-5-10(6-3-1)13-19-15(21-20-13)22-9-12-17-11-7-4-8-16-14(11)18-12/h1-8H,9H2,(H,16,17,18)(H,19,20,21). The van der Waals surface area contributed by atoms with Crippen molar-refractivity contribution in [1.29, 1.82) is 0 Å². The minimum absolute atomic E-state index is 0.669. The van der Waals surface area contributed by atoms with Crippen LogP contribution in [0.1, 0.15) is 5.82 Å². The Hall–Kier alpha value is -2.67. The second-order valence-electron chi connectivity index (χ2n) is 4.68. The lowest BCUT2D eigenvalue weighted by molar-refractivity contribution is 0.970. The number of benzene rings is 1. The van der Waals surface area contributed by atoms with E-state index in [0.717, 1.165) is 28.4 Å². The first-order chi connectivity index (χ1) is 10.9. The molecule has 1 aromatic carbocycles. The number of nitrogens with one attached hydrogen (secondary N) is 2. The van der Waals surface area contributed by atoms with Crippen LogP contribution in [0.5, 0.6) is 0 Å². The van der Waals surface area contributed by atoms with Gasteiger partial charge >= 0.3 is 0 Å². The molecule has 0 saturated heterocycles. The summed E-state index contributed by atoms with van der Waals surface area (Å²) < 4.78 is 0. The lowest BCUT2D eigenvalue weighted by atomic mass is 10.2. The van der Waals surface area contributed by atoms with Crippen molar-refractivity contribution in [3.8, 4) is 11.4 Å². The molecule has 3 aromatic heterocycles. The predicted octanol–water partition coefficient (Wildman–Crippen LogP) is 3.04. The summed E-state index contributed by atoms with van der Waals surface area (Å²) in [5, 5.41) is 7.89. The minimum atomic E-state index is 0.669. The predicted molar refractivity (Wildman–Crippen MR) is 85.3 cm³/mol. The number of hydrogen-bond donors (Lipinski definition) is 2. The summed E-state index contributed by atoms with van der Waals surface area (Å²) in [6.07, 6.45) is 1.74. The largest absolute Gasteiger partial charge is 0.340 e. The number of aromatic amines is 2. The number of fused-ring (bicyclic) bond motifs is 1. The fourth-order valence-electron chi connectivity index (χ4n) is 2.13. The molecule has 0 aliphatic carbocycles. The Labute approximate surface area is 130 Å². The van der Waals surface area contributed by atoms with Crippen LogP contribution >= 0.6 is 11.8 Å². The van der Waals surface area contributed by atoms with Gasteiger partial charge in [-0.15, -0.1) is 5.10 Å². The van der Waals surface area contributed by atoms with Gasteiger partial charge < -0.3 is 4.98 Å². The summed E-state index contributed by atoms with van der Waals surface area (Å²) in [7, 11) is 0. The summed E-state index contributed by atoms with van der Waals surface area (Å²) in [6.45, 7) is 0. The van der Waals surface area contributed by atoms with E-state index in [1.807, 2.05) is 42.5 Å². The molecule has 0 atom stereocenters. The third-order valence-corrected chi connectivity index (χ3v) is 4.02. The topological polar surface area (TPSA) is 83.1 Å². The van der Waals surface area contributed by atoms with E-state index in [2.05, 4.69) is 30.1 Å². The average Bonchev–Trinajstić information content (AvgIpc) is 3.20. The van der Waals surface area contributed by atoms with Gasteiger partial charge in [-0.2, -0.15) is 0 Å². The first-order valence-electron chi connectivity index (χ1n) is 6.79. The summed E-state index contributed by atoms with van der Waals surface area (Å²) >= 11 is 1.53. The Bertz CT molecular complexity index is 865. The highest BCUT2D eigenvalue weighted by molar-refractivity contribution is 7.98. The molecule has 3 heterocycles. The van der Waals surface area contributed by atoms with Crippen molar-refractivity contribution in [2.24, 2.45) is 0 Å². The number of thioether (sulfide) groups is 1. The van der Waals surface area contributed by atoms with Crippen LogP contribution in [0.15, 0.2) is 53.8 Å². The first-order valence-corrected chi connectivity index (χ1v) is 7.77. The summed E-state index contributed by atoms with van der Waals surface area (Å²) in [5.41, 5.74) is 2.70. The number of imidazole rings is 1. The minimum Gasteiger partial charge on any atom is -0.340 e. The number of H-pyrrole nitrogens is 2. The lowest BCUT2D eigenvalue weighted by Gasteiger charge is -1.93. The third kappa shape index (κ3) is 2.58. The van der Waals surface area contributed by atoms with Crippen LogP contribution in [0, 0.1) is 0 Å². The van der Waals surface area contributed by atoms with E-state index in [4.69, 9.17) is 0 Å². The molecule has 0 radical (unpaired) electrons. The highest BCUT2D eigenvalue weighted by atomic mass is 32.2. The van der Waals surface area contributed by atoms with Gasteiger partial charge in [0.1, 0.15) is 5.82 Å². The second kappa shape index (κ2) is 5.61. The van der Waals surface area contributed by atoms with E-state index < -0.39 is 0 Å². The smallest absolute Gasteiger partial charge is 0.209 e. The average molecular weight is 308 g/mol. The second-order valence-corrected chi connectivity index (χ2v) is 5.62. The van der Waals surface area contributed by atoms with Crippen LogP contribution in [0.4, 0.5) is 0 Å². The lowest BCUT2D eigenvalue weighted by Crippen LogP contribution is -1.84. The van der Waals surface area contributed by atoms with E-state index in [0.29, 0.717) is 10.9 Å². The molecule has 0 bridgehead atoms. The third-order valence-electron chi connectivity index (χ3n) is 3.16. The fourth-order valence-corrected chi connectivity index (χ4v) is 2.80. The van der Waals surface area contributed by atoms with Gasteiger partial charge in [0.2, 0.25) is 5.16 Å². The van der Waals surface area contributed by atoms with Gasteiger partial charge in [0.05, 0.1) is 11.3 Å². The van der Waals surface area contributed by atoms with Crippen LogP contribution in [-0.2, 0) is 5.75 Å². The van der Waals surface area contributed by atoms with Crippen molar-refractivity contribution < 1.29 is 0 Å². The summed E-state index contributed by atoms with van der Waals surface area (Å²) in [5.74, 6) is 2.31. The monoisotopic (exact) mass is 308 g/mol. The maximum atomic E-state index is 4.49. The highest BCUT2D eigenvalue weighted by Crippen LogP contribution is 2.22. The van der Waals surface area contributed by atoms with E-state index in [9.17, 15) is 0 Å². The van der Waals surface area contributed by atoms with Crippen molar-refractivity contribution in [3.05, 3.63) is 54.5 Å². The number of hydrogen-bond acceptors (Lipinski definition) is 5. The zero-order valence-corrected chi connectivity index (χ0v) is 12.3. The van der Waals surface area contributed by atoms with Crippen LogP contribution < -0.4 is 0 Å². The van der Waals surface area contributed by atoms with Gasteiger partial charge in [-0.1, -0.05) is 42.1 Å². The molecule has 0 fully saturated rings. The number of nitrogens with zero attached hydrogens (tertiary/aromatic N) is 4. The Morgan fingerprint density at radius 1 is 1.00 bits per heavy atom. The summed E-state index contributed by atoms with van der Waals surface area (Å²) in [6, 6.07) is 13.8. The molecule has 4 aromatic rings. The molecular weight excluding hydrogens is 296 g/mol. The molecule has 0 amide bonds. The maximum absolute atomic E-state index is 4.49. The number of rotatable bonds is 4. The zero-order chi connectivity index (χ0) is 14.8. The quantitative estimate of drug-likeness (QED) is 0.566. The van der Waals surface area contributed by atoms with Gasteiger partial charge in [0.25, 0.3) is 0 Å². The Kier molecular flexibility index (Phi) is 3.32. The Balaban J connectivity index is 1.49. The molecule has 108 valence electrons. The summed E-state index contributed by atoms with van der Waals surface area (Å²) in [4.78, 5) is 16.4. The van der Waals surface area contributed by atoms with Gasteiger partial charge in [-0.25, -0.2) is 15.0 Å². The molecule has 22 heavy (non-hydrogen) atoms. The van der Waals surface area contributed by atoms with E-state index in [-0.39, 0.29) is 0 Å². The van der Waals surface area contributed by atoms with Crippen LogP contribution in [0.25, 0.3) is 22.6 Å². The van der Waals surface area contributed by atoms with Crippen LogP contribution in [0.2, 0.25) is 0 Å². The fraction of sp³-hybridized carbons (Fsp3) is 0.0667. The van der Waals surface area contributed by atoms with Crippen molar-refractivity contribution in [1.82, 2.24) is 30.1 Å². The molecule has 7 heteroatoms. The van der Waals surface area contributed by atoms with Crippen molar-refractivity contribution in [2.75, 3.05) is 0 Å². The van der Waals surface area contributed by atoms with E-state index >= 15 is 0 Å². The molecule has 0 aliphatic heterocycles. The van der Waals surface area contributed by atoms with Crippen molar-refractivity contribution in [2.45, 2.75) is 10.9 Å². The van der Waals surface area contributed by atoms with E-state index in [1.165, 1.54) is 11.8 Å². The van der Waals surface area contributed by atoms with Gasteiger partial charge in [0.15, 0.2) is 11.5 Å². The molecule has 0 aliphatic rings. The first kappa shape index (κ1) is 13.0. The van der Waals surface area contributed by atoms with Gasteiger partial charge in [0, 0.05) is 11.8 Å². The van der Waals surface area contributed by atoms with Gasteiger partial charge in [-0.3, -0.25) is 5.10 Å². The van der Waals surface area contributed by atoms with Crippen molar-refractivity contribution in [3.63, 3.8) is 0 Å². The molecule has 4 rings (SSSR count). The zero-order valence-electron chi connectivity index (χ0n) is 11.5. The molecule has 6 nitrogen and oxygen atoms in total. The van der Waals surface area contributed by atoms with Crippen LogP contribution in [0.3, 0.4) is 0 Å². The molecule has 2 N–H and O–H groups in total.